The molecule has 1 amide bonds. The highest BCUT2D eigenvalue weighted by molar-refractivity contribution is 6.05. The zero-order valence-electron chi connectivity index (χ0n) is 36.1. The van der Waals surface area contributed by atoms with Crippen LogP contribution in [0.25, 0.3) is 33.2 Å². The van der Waals surface area contributed by atoms with Crippen molar-refractivity contribution < 1.29 is 33.3 Å². The number of amides is 1. The van der Waals surface area contributed by atoms with Gasteiger partial charge in [0.25, 0.3) is 0 Å². The summed E-state index contributed by atoms with van der Waals surface area (Å²) in [5, 5.41) is 6.44. The van der Waals surface area contributed by atoms with E-state index in [1.165, 1.54) is 19.7 Å². The van der Waals surface area contributed by atoms with Gasteiger partial charge in [0.05, 0.1) is 36.8 Å². The standard InChI is InChI=1S/C46H59N5O7/c1-29-34(32-14-15-36(49-37(32)39(53)57-41(2,3)4)30-12-13-31-19-47-20-35(33(31)18-30)38(52)55-11)21-48-51(29)28-45-23-43(8)22-44(9,24-45)26-46(25-43,27-45)56-17-16-50(10)40(54)58-42(5,6)7/h12-15,18-21H,16-17,22-28H2,1-11H3. The third kappa shape index (κ3) is 8.35. The number of methoxy groups -OCH3 is 1. The van der Waals surface area contributed by atoms with Crippen LogP contribution in [0.2, 0.25) is 0 Å². The first-order chi connectivity index (χ1) is 27.0. The molecule has 2 unspecified atom stereocenters. The quantitative estimate of drug-likeness (QED) is 0.113. The molecule has 58 heavy (non-hydrogen) atoms. The summed E-state index contributed by atoms with van der Waals surface area (Å²) in [4.78, 5) is 50.0. The van der Waals surface area contributed by atoms with Crippen LogP contribution in [0, 0.1) is 23.2 Å². The van der Waals surface area contributed by atoms with Crippen LogP contribution in [-0.4, -0.2) is 86.8 Å². The summed E-state index contributed by atoms with van der Waals surface area (Å²) in [7, 11) is 3.11. The summed E-state index contributed by atoms with van der Waals surface area (Å²) in [6.07, 6.45) is 11.0. The predicted octanol–water partition coefficient (Wildman–Crippen LogP) is 9.21. The van der Waals surface area contributed by atoms with Crippen LogP contribution in [0.4, 0.5) is 4.79 Å². The average molecular weight is 794 g/mol. The Bertz CT molecular complexity index is 2250. The number of esters is 2. The molecule has 0 aliphatic heterocycles. The lowest BCUT2D eigenvalue weighted by Crippen LogP contribution is -2.64. The Morgan fingerprint density at radius 2 is 1.52 bits per heavy atom. The summed E-state index contributed by atoms with van der Waals surface area (Å²) >= 11 is 0. The Hall–Kier alpha value is -4.84. The van der Waals surface area contributed by atoms with Crippen LogP contribution in [0.3, 0.4) is 0 Å². The van der Waals surface area contributed by atoms with Crippen molar-refractivity contribution in [2.24, 2.45) is 16.2 Å². The van der Waals surface area contributed by atoms with Crippen LogP contribution in [0.15, 0.2) is 48.9 Å². The van der Waals surface area contributed by atoms with Crippen molar-refractivity contribution in [1.29, 1.82) is 0 Å². The van der Waals surface area contributed by atoms with Gasteiger partial charge in [0.2, 0.25) is 0 Å². The molecular formula is C46H59N5O7. The summed E-state index contributed by atoms with van der Waals surface area (Å²) in [5.41, 5.74) is 2.86. The van der Waals surface area contributed by atoms with E-state index >= 15 is 0 Å². The van der Waals surface area contributed by atoms with E-state index in [1.807, 2.05) is 78.1 Å². The summed E-state index contributed by atoms with van der Waals surface area (Å²) in [5.74, 6) is -1.02. The molecule has 3 heterocycles. The molecule has 310 valence electrons. The smallest absolute Gasteiger partial charge is 0.410 e. The van der Waals surface area contributed by atoms with Crippen molar-refractivity contribution in [1.82, 2.24) is 24.6 Å². The molecule has 4 fully saturated rings. The SMILES string of the molecule is COC(=O)c1cncc2ccc(-c3ccc(-c4cnn(CC56CC7(C)CC(C)(C5)CC(OCCN(C)C(=O)OC(C)(C)C)(C7)C6)c4C)c(C(=O)OC(C)(C)C)n3)cc12. The third-order valence-electron chi connectivity index (χ3n) is 12.0. The zero-order chi connectivity index (χ0) is 42.1. The molecule has 2 atom stereocenters. The highest BCUT2D eigenvalue weighted by Gasteiger charge is 2.66. The van der Waals surface area contributed by atoms with Crippen LogP contribution < -0.4 is 0 Å². The molecule has 4 saturated carbocycles. The monoisotopic (exact) mass is 793 g/mol. The number of rotatable bonds is 10. The van der Waals surface area contributed by atoms with Gasteiger partial charge >= 0.3 is 18.0 Å². The number of hydrogen-bond acceptors (Lipinski definition) is 10. The van der Waals surface area contributed by atoms with E-state index < -0.39 is 23.1 Å². The molecule has 4 aliphatic rings. The van der Waals surface area contributed by atoms with Crippen LogP contribution in [-0.2, 0) is 25.5 Å². The Morgan fingerprint density at radius 3 is 2.17 bits per heavy atom. The van der Waals surface area contributed by atoms with Gasteiger partial charge in [-0.15, -0.1) is 0 Å². The number of aromatic nitrogens is 4. The Labute approximate surface area is 342 Å². The van der Waals surface area contributed by atoms with Gasteiger partial charge in [-0.3, -0.25) is 9.67 Å². The first kappa shape index (κ1) is 41.3. The van der Waals surface area contributed by atoms with Gasteiger partial charge in [0.15, 0.2) is 5.69 Å². The topological polar surface area (TPSA) is 135 Å². The Balaban J connectivity index is 1.18. The molecule has 8 rings (SSSR count). The second-order valence-corrected chi connectivity index (χ2v) is 20.1. The fraction of sp³-hybridized carbons (Fsp3) is 0.565. The number of carbonyl (C=O) groups excluding carboxylic acids is 3. The average Bonchev–Trinajstić information content (AvgIpc) is 3.45. The normalized spacial score (nSPS) is 25.2. The lowest BCUT2D eigenvalue weighted by Gasteiger charge is -2.69. The molecule has 4 aliphatic carbocycles. The number of pyridine rings is 2. The summed E-state index contributed by atoms with van der Waals surface area (Å²) in [6, 6.07) is 9.46. The van der Waals surface area contributed by atoms with Crippen molar-refractivity contribution in [3.63, 3.8) is 0 Å². The lowest BCUT2D eigenvalue weighted by atomic mass is 9.39. The highest BCUT2D eigenvalue weighted by atomic mass is 16.6. The summed E-state index contributed by atoms with van der Waals surface area (Å²) < 4.78 is 25.5. The molecule has 12 nitrogen and oxygen atoms in total. The molecule has 3 aromatic heterocycles. The molecular weight excluding hydrogens is 735 g/mol. The van der Waals surface area contributed by atoms with E-state index in [-0.39, 0.29) is 33.6 Å². The van der Waals surface area contributed by atoms with Gasteiger partial charge in [-0.1, -0.05) is 26.0 Å². The van der Waals surface area contributed by atoms with E-state index in [0.717, 1.165) is 60.9 Å². The molecule has 0 radical (unpaired) electrons. The van der Waals surface area contributed by atoms with Gasteiger partial charge in [-0.05, 0) is 127 Å². The zero-order valence-corrected chi connectivity index (χ0v) is 36.1. The van der Waals surface area contributed by atoms with Gasteiger partial charge in [0, 0.05) is 60.3 Å². The van der Waals surface area contributed by atoms with Gasteiger partial charge < -0.3 is 23.8 Å². The Morgan fingerprint density at radius 1 is 0.828 bits per heavy atom. The van der Waals surface area contributed by atoms with E-state index in [9.17, 15) is 14.4 Å². The first-order valence-corrected chi connectivity index (χ1v) is 20.3. The molecule has 0 saturated heterocycles. The summed E-state index contributed by atoms with van der Waals surface area (Å²) in [6.45, 7) is 19.7. The second kappa shape index (κ2) is 14.5. The minimum absolute atomic E-state index is 0.0336. The highest BCUT2D eigenvalue weighted by Crippen LogP contribution is 2.72. The number of nitrogens with zero attached hydrogens (tertiary/aromatic N) is 5. The predicted molar refractivity (Wildman–Crippen MR) is 221 cm³/mol. The lowest BCUT2D eigenvalue weighted by molar-refractivity contribution is -0.248. The molecule has 4 bridgehead atoms. The maximum absolute atomic E-state index is 14.0. The third-order valence-corrected chi connectivity index (χ3v) is 12.0. The van der Waals surface area contributed by atoms with Crippen LogP contribution in [0.1, 0.15) is 120 Å². The Kier molecular flexibility index (Phi) is 10.3. The van der Waals surface area contributed by atoms with Crippen molar-refractivity contribution in [2.45, 2.75) is 124 Å². The molecule has 0 spiro atoms. The fourth-order valence-electron chi connectivity index (χ4n) is 11.1. The van der Waals surface area contributed by atoms with Crippen molar-refractivity contribution in [3.8, 4) is 22.4 Å². The number of hydrogen-bond donors (Lipinski definition) is 0. The number of benzene rings is 1. The van der Waals surface area contributed by atoms with E-state index in [1.54, 1.807) is 18.1 Å². The number of likely N-dealkylation sites (N-methyl/N-ethyl adjacent to an activating group) is 1. The largest absolute Gasteiger partial charge is 0.465 e. The van der Waals surface area contributed by atoms with Gasteiger partial charge in [-0.25, -0.2) is 19.4 Å². The van der Waals surface area contributed by atoms with Crippen LogP contribution >= 0.6 is 0 Å². The van der Waals surface area contributed by atoms with E-state index in [4.69, 9.17) is 29.0 Å². The van der Waals surface area contributed by atoms with Gasteiger partial charge in [0.1, 0.15) is 11.2 Å². The van der Waals surface area contributed by atoms with Crippen molar-refractivity contribution >= 4 is 28.8 Å². The molecule has 4 aromatic rings. The fourth-order valence-corrected chi connectivity index (χ4v) is 11.1. The molecule has 1 aromatic carbocycles. The maximum Gasteiger partial charge on any atom is 0.410 e. The minimum Gasteiger partial charge on any atom is -0.465 e. The van der Waals surface area contributed by atoms with E-state index in [2.05, 4.69) is 30.4 Å². The van der Waals surface area contributed by atoms with Crippen molar-refractivity contribution in [2.75, 3.05) is 27.3 Å². The number of fused-ring (bicyclic) bond motifs is 1. The minimum atomic E-state index is -0.746. The van der Waals surface area contributed by atoms with Crippen LogP contribution in [0.5, 0.6) is 0 Å². The number of ether oxygens (including phenoxy) is 4. The first-order valence-electron chi connectivity index (χ1n) is 20.3. The van der Waals surface area contributed by atoms with Gasteiger partial charge in [-0.2, -0.15) is 5.10 Å². The van der Waals surface area contributed by atoms with Crippen molar-refractivity contribution in [3.05, 3.63) is 65.9 Å². The number of carbonyl (C=O) groups is 3. The molecule has 12 heteroatoms. The van der Waals surface area contributed by atoms with E-state index in [0.29, 0.717) is 35.4 Å². The second-order valence-electron chi connectivity index (χ2n) is 20.1. The molecule has 0 N–H and O–H groups in total. The maximum atomic E-state index is 14.0.